The zero-order valence-corrected chi connectivity index (χ0v) is 12.1. The van der Waals surface area contributed by atoms with Gasteiger partial charge >= 0.3 is 0 Å². The van der Waals surface area contributed by atoms with Crippen LogP contribution in [0.25, 0.3) is 0 Å². The number of rotatable bonds is 5. The lowest BCUT2D eigenvalue weighted by atomic mass is 9.90. The van der Waals surface area contributed by atoms with Crippen molar-refractivity contribution < 1.29 is 9.84 Å². The SMILES string of the molecule is OCCC#Cc1ccccc1COCC1CCCCC1. The smallest absolute Gasteiger partial charge is 0.0729 e. The van der Waals surface area contributed by atoms with Crippen molar-refractivity contribution in [3.05, 3.63) is 35.4 Å². The van der Waals surface area contributed by atoms with Crippen molar-refractivity contribution in [3.63, 3.8) is 0 Å². The lowest BCUT2D eigenvalue weighted by Crippen LogP contribution is -2.13. The molecule has 0 amide bonds. The van der Waals surface area contributed by atoms with Crippen LogP contribution in [-0.2, 0) is 11.3 Å². The van der Waals surface area contributed by atoms with E-state index in [2.05, 4.69) is 17.9 Å². The van der Waals surface area contributed by atoms with Gasteiger partial charge < -0.3 is 9.84 Å². The number of benzene rings is 1. The molecule has 2 heteroatoms. The fourth-order valence-corrected chi connectivity index (χ4v) is 2.67. The van der Waals surface area contributed by atoms with Crippen LogP contribution in [0.2, 0.25) is 0 Å². The first-order chi connectivity index (χ1) is 9.90. The van der Waals surface area contributed by atoms with Gasteiger partial charge in [0, 0.05) is 18.6 Å². The first-order valence-electron chi connectivity index (χ1n) is 7.65. The number of aliphatic hydroxyl groups is 1. The Morgan fingerprint density at radius 3 is 2.75 bits per heavy atom. The minimum atomic E-state index is 0.118. The number of aliphatic hydroxyl groups excluding tert-OH is 1. The second kappa shape index (κ2) is 8.79. The van der Waals surface area contributed by atoms with E-state index in [0.29, 0.717) is 13.0 Å². The highest BCUT2D eigenvalue weighted by atomic mass is 16.5. The average Bonchev–Trinajstić information content (AvgIpc) is 2.50. The summed E-state index contributed by atoms with van der Waals surface area (Å²) in [5.74, 6) is 6.84. The molecule has 1 aliphatic rings. The van der Waals surface area contributed by atoms with Gasteiger partial charge in [0.1, 0.15) is 0 Å². The van der Waals surface area contributed by atoms with E-state index in [9.17, 15) is 0 Å². The lowest BCUT2D eigenvalue weighted by molar-refractivity contribution is 0.0738. The molecular formula is C18H24O2. The van der Waals surface area contributed by atoms with E-state index in [1.165, 1.54) is 32.1 Å². The average molecular weight is 272 g/mol. The van der Waals surface area contributed by atoms with Crippen LogP contribution in [0.3, 0.4) is 0 Å². The van der Waals surface area contributed by atoms with E-state index in [4.69, 9.17) is 9.84 Å². The van der Waals surface area contributed by atoms with Crippen LogP contribution in [0.5, 0.6) is 0 Å². The Labute approximate surface area is 122 Å². The van der Waals surface area contributed by atoms with E-state index in [-0.39, 0.29) is 6.61 Å². The zero-order valence-electron chi connectivity index (χ0n) is 12.1. The van der Waals surface area contributed by atoms with Crippen molar-refractivity contribution in [1.82, 2.24) is 0 Å². The van der Waals surface area contributed by atoms with Gasteiger partial charge in [0.25, 0.3) is 0 Å². The van der Waals surface area contributed by atoms with Crippen molar-refractivity contribution in [2.24, 2.45) is 5.92 Å². The highest BCUT2D eigenvalue weighted by Crippen LogP contribution is 2.24. The molecule has 0 radical (unpaired) electrons. The van der Waals surface area contributed by atoms with Crippen molar-refractivity contribution in [3.8, 4) is 11.8 Å². The summed E-state index contributed by atoms with van der Waals surface area (Å²) in [5.41, 5.74) is 2.17. The van der Waals surface area contributed by atoms with Crippen molar-refractivity contribution in [2.45, 2.75) is 45.1 Å². The third kappa shape index (κ3) is 5.00. The second-order valence-electron chi connectivity index (χ2n) is 5.45. The van der Waals surface area contributed by atoms with Gasteiger partial charge in [-0.05, 0) is 30.4 Å². The highest BCUT2D eigenvalue weighted by Gasteiger charge is 2.13. The molecule has 1 aromatic carbocycles. The minimum absolute atomic E-state index is 0.118. The molecule has 108 valence electrons. The summed E-state index contributed by atoms with van der Waals surface area (Å²) in [5, 5.41) is 8.77. The Hall–Kier alpha value is -1.30. The maximum absolute atomic E-state index is 8.77. The summed E-state index contributed by atoms with van der Waals surface area (Å²) >= 11 is 0. The van der Waals surface area contributed by atoms with E-state index >= 15 is 0 Å². The Kier molecular flexibility index (Phi) is 6.63. The third-order valence-corrected chi connectivity index (χ3v) is 3.81. The van der Waals surface area contributed by atoms with Crippen LogP contribution in [0.4, 0.5) is 0 Å². The van der Waals surface area contributed by atoms with Crippen LogP contribution < -0.4 is 0 Å². The summed E-state index contributed by atoms with van der Waals surface area (Å²) in [6.45, 7) is 1.63. The minimum Gasteiger partial charge on any atom is -0.395 e. The summed E-state index contributed by atoms with van der Waals surface area (Å²) in [4.78, 5) is 0. The molecule has 0 unspecified atom stereocenters. The molecule has 2 nitrogen and oxygen atoms in total. The predicted octanol–water partition coefficient (Wildman–Crippen LogP) is 3.52. The quantitative estimate of drug-likeness (QED) is 0.831. The first-order valence-corrected chi connectivity index (χ1v) is 7.65. The molecule has 0 heterocycles. The largest absolute Gasteiger partial charge is 0.395 e. The van der Waals surface area contributed by atoms with Crippen LogP contribution in [0.1, 0.15) is 49.7 Å². The molecule has 1 N–H and O–H groups in total. The van der Waals surface area contributed by atoms with Gasteiger partial charge in [-0.1, -0.05) is 49.3 Å². The molecule has 0 spiro atoms. The fourth-order valence-electron chi connectivity index (χ4n) is 2.67. The Morgan fingerprint density at radius 2 is 1.95 bits per heavy atom. The van der Waals surface area contributed by atoms with Crippen LogP contribution in [0, 0.1) is 17.8 Å². The lowest BCUT2D eigenvalue weighted by Gasteiger charge is -2.21. The summed E-state index contributed by atoms with van der Waals surface area (Å²) in [6.07, 6.45) is 7.27. The van der Waals surface area contributed by atoms with E-state index in [0.717, 1.165) is 23.7 Å². The van der Waals surface area contributed by atoms with Crippen LogP contribution in [0.15, 0.2) is 24.3 Å². The van der Waals surface area contributed by atoms with E-state index in [1.54, 1.807) is 0 Å². The van der Waals surface area contributed by atoms with E-state index in [1.807, 2.05) is 18.2 Å². The van der Waals surface area contributed by atoms with Gasteiger partial charge in [-0.15, -0.1) is 0 Å². The summed E-state index contributed by atoms with van der Waals surface area (Å²) in [7, 11) is 0. The van der Waals surface area contributed by atoms with Crippen molar-refractivity contribution >= 4 is 0 Å². The normalized spacial score (nSPS) is 15.7. The molecule has 1 aliphatic carbocycles. The Balaban J connectivity index is 1.84. The van der Waals surface area contributed by atoms with Gasteiger partial charge in [-0.25, -0.2) is 0 Å². The summed E-state index contributed by atoms with van der Waals surface area (Å²) in [6, 6.07) is 8.11. The fraction of sp³-hybridized carbons (Fsp3) is 0.556. The monoisotopic (exact) mass is 272 g/mol. The maximum Gasteiger partial charge on any atom is 0.0729 e. The van der Waals surface area contributed by atoms with Gasteiger partial charge in [0.2, 0.25) is 0 Å². The number of hydrogen-bond acceptors (Lipinski definition) is 2. The standard InChI is InChI=1S/C18H24O2/c19-13-7-6-11-17-10-4-5-12-18(17)15-20-14-16-8-2-1-3-9-16/h4-5,10,12,16,19H,1-3,7-9,13-15H2. The van der Waals surface area contributed by atoms with Crippen LogP contribution >= 0.6 is 0 Å². The molecule has 20 heavy (non-hydrogen) atoms. The third-order valence-electron chi connectivity index (χ3n) is 3.81. The molecule has 0 aliphatic heterocycles. The topological polar surface area (TPSA) is 29.5 Å². The van der Waals surface area contributed by atoms with Crippen molar-refractivity contribution in [2.75, 3.05) is 13.2 Å². The Bertz CT molecular complexity index is 450. The molecule has 0 aromatic heterocycles. The molecular weight excluding hydrogens is 248 g/mol. The highest BCUT2D eigenvalue weighted by molar-refractivity contribution is 5.40. The second-order valence-corrected chi connectivity index (χ2v) is 5.45. The van der Waals surface area contributed by atoms with Gasteiger partial charge in [0.05, 0.1) is 13.2 Å². The summed E-state index contributed by atoms with van der Waals surface area (Å²) < 4.78 is 5.89. The van der Waals surface area contributed by atoms with Crippen molar-refractivity contribution in [1.29, 1.82) is 0 Å². The Morgan fingerprint density at radius 1 is 1.15 bits per heavy atom. The van der Waals surface area contributed by atoms with Crippen LogP contribution in [-0.4, -0.2) is 18.3 Å². The van der Waals surface area contributed by atoms with Gasteiger partial charge in [-0.2, -0.15) is 0 Å². The predicted molar refractivity (Wildman–Crippen MR) is 81.3 cm³/mol. The number of ether oxygens (including phenoxy) is 1. The molecule has 1 fully saturated rings. The van der Waals surface area contributed by atoms with Gasteiger partial charge in [-0.3, -0.25) is 0 Å². The zero-order chi connectivity index (χ0) is 14.0. The molecule has 0 atom stereocenters. The molecule has 0 bridgehead atoms. The number of hydrogen-bond donors (Lipinski definition) is 1. The maximum atomic E-state index is 8.77. The van der Waals surface area contributed by atoms with Gasteiger partial charge in [0.15, 0.2) is 0 Å². The molecule has 2 rings (SSSR count). The molecule has 1 aromatic rings. The first kappa shape index (κ1) is 15.1. The van der Waals surface area contributed by atoms with E-state index < -0.39 is 0 Å². The molecule has 0 saturated heterocycles. The molecule has 1 saturated carbocycles.